The third kappa shape index (κ3) is 2.63. The summed E-state index contributed by atoms with van der Waals surface area (Å²) in [6.45, 7) is 0. The van der Waals surface area contributed by atoms with Crippen molar-refractivity contribution >= 4 is 35.0 Å². The molecule has 1 aromatic heterocycles. The Balaban J connectivity index is 1.87. The van der Waals surface area contributed by atoms with Crippen molar-refractivity contribution in [3.8, 4) is 0 Å². The Labute approximate surface area is 125 Å². The Hall–Kier alpha value is -0.680. The largest absolute Gasteiger partial charge is 0.388 e. The minimum Gasteiger partial charge on any atom is -0.388 e. The number of benzene rings is 1. The van der Waals surface area contributed by atoms with Crippen LogP contribution in [-0.2, 0) is 6.42 Å². The third-order valence-electron chi connectivity index (χ3n) is 3.28. The van der Waals surface area contributed by atoms with Crippen LogP contribution in [0.3, 0.4) is 0 Å². The van der Waals surface area contributed by atoms with Gasteiger partial charge in [-0.05, 0) is 17.7 Å². The normalized spacial score (nSPS) is 22.3. The molecule has 2 aromatic rings. The van der Waals surface area contributed by atoms with Gasteiger partial charge in [-0.15, -0.1) is 11.8 Å². The van der Waals surface area contributed by atoms with E-state index in [1.807, 2.05) is 6.07 Å². The number of hydrogen-bond donors (Lipinski definition) is 2. The van der Waals surface area contributed by atoms with Gasteiger partial charge in [-0.1, -0.05) is 23.2 Å². The fraction of sp³-hybridized carbons (Fsp3) is 0.308. The van der Waals surface area contributed by atoms with E-state index in [2.05, 4.69) is 9.97 Å². The number of nitrogens with zero attached hydrogens (tertiary/aromatic N) is 1. The summed E-state index contributed by atoms with van der Waals surface area (Å²) in [5.74, 6) is 1.86. The minimum absolute atomic E-state index is 0.126. The summed E-state index contributed by atoms with van der Waals surface area (Å²) in [4.78, 5) is 8.29. The highest BCUT2D eigenvalue weighted by atomic mass is 35.5. The van der Waals surface area contributed by atoms with E-state index in [0.717, 1.165) is 28.5 Å². The lowest BCUT2D eigenvalue weighted by atomic mass is 9.93. The number of rotatable bonds is 2. The summed E-state index contributed by atoms with van der Waals surface area (Å²) in [5, 5.41) is 11.5. The van der Waals surface area contributed by atoms with Gasteiger partial charge in [0, 0.05) is 35.4 Å². The summed E-state index contributed by atoms with van der Waals surface area (Å²) in [6.07, 6.45) is 3.71. The molecule has 1 aliphatic rings. The molecule has 3 rings (SSSR count). The standard InChI is InChI=1S/C13H12Cl2N2OS/c14-9-4-8-11(5-10(9)15)19-6-7(13(8)18)3-12-16-1-2-17-12/h1-2,4-5,7,13,18H,3,6H2,(H,16,17)/t7-,13-/m0/s1. The first-order valence-corrected chi connectivity index (χ1v) is 7.67. The first kappa shape index (κ1) is 13.3. The number of nitrogens with one attached hydrogen (secondary N) is 1. The number of aromatic amines is 1. The fourth-order valence-electron chi connectivity index (χ4n) is 2.27. The summed E-state index contributed by atoms with van der Waals surface area (Å²) in [5.41, 5.74) is 0.863. The van der Waals surface area contributed by atoms with Gasteiger partial charge in [-0.25, -0.2) is 4.98 Å². The molecule has 19 heavy (non-hydrogen) atoms. The van der Waals surface area contributed by atoms with Crippen LogP contribution in [0.5, 0.6) is 0 Å². The zero-order valence-corrected chi connectivity index (χ0v) is 12.3. The van der Waals surface area contributed by atoms with Crippen molar-refractivity contribution in [1.82, 2.24) is 9.97 Å². The maximum Gasteiger partial charge on any atom is 0.106 e. The molecular weight excluding hydrogens is 303 g/mol. The van der Waals surface area contributed by atoms with E-state index in [1.54, 1.807) is 30.2 Å². The van der Waals surface area contributed by atoms with Gasteiger partial charge in [0.15, 0.2) is 0 Å². The van der Waals surface area contributed by atoms with E-state index in [9.17, 15) is 5.11 Å². The SMILES string of the molecule is O[C@@H]1c2cc(Cl)c(Cl)cc2SC[C@@H]1Cc1ncc[nH]1. The van der Waals surface area contributed by atoms with E-state index in [1.165, 1.54) is 0 Å². The van der Waals surface area contributed by atoms with Crippen LogP contribution in [-0.4, -0.2) is 20.8 Å². The Kier molecular flexibility index (Phi) is 3.76. The fourth-order valence-corrected chi connectivity index (χ4v) is 3.91. The number of aliphatic hydroxyl groups excluding tert-OH is 1. The predicted octanol–water partition coefficient (Wildman–Crippen LogP) is 3.71. The molecule has 0 spiro atoms. The molecule has 1 aromatic carbocycles. The summed E-state index contributed by atoms with van der Waals surface area (Å²) >= 11 is 13.7. The molecule has 0 saturated heterocycles. The lowest BCUT2D eigenvalue weighted by molar-refractivity contribution is 0.114. The molecule has 0 saturated carbocycles. The molecule has 2 heterocycles. The zero-order chi connectivity index (χ0) is 13.4. The van der Waals surface area contributed by atoms with Gasteiger partial charge in [0.1, 0.15) is 5.82 Å². The number of thioether (sulfide) groups is 1. The number of aliphatic hydroxyl groups is 1. The molecule has 0 unspecified atom stereocenters. The highest BCUT2D eigenvalue weighted by molar-refractivity contribution is 7.99. The van der Waals surface area contributed by atoms with Gasteiger partial charge in [0.25, 0.3) is 0 Å². The molecule has 3 nitrogen and oxygen atoms in total. The van der Waals surface area contributed by atoms with Crippen LogP contribution < -0.4 is 0 Å². The predicted molar refractivity (Wildman–Crippen MR) is 77.9 cm³/mol. The van der Waals surface area contributed by atoms with Crippen molar-refractivity contribution in [2.24, 2.45) is 5.92 Å². The maximum absolute atomic E-state index is 10.5. The van der Waals surface area contributed by atoms with Crippen LogP contribution >= 0.6 is 35.0 Å². The Bertz CT molecular complexity index is 589. The van der Waals surface area contributed by atoms with Crippen LogP contribution in [0, 0.1) is 5.92 Å². The second kappa shape index (κ2) is 5.37. The number of aromatic nitrogens is 2. The minimum atomic E-state index is -0.531. The highest BCUT2D eigenvalue weighted by Crippen LogP contribution is 2.43. The van der Waals surface area contributed by atoms with Crippen molar-refractivity contribution in [2.45, 2.75) is 17.4 Å². The summed E-state index contributed by atoms with van der Waals surface area (Å²) < 4.78 is 0. The number of imidazole rings is 1. The van der Waals surface area contributed by atoms with E-state index >= 15 is 0 Å². The van der Waals surface area contributed by atoms with Crippen molar-refractivity contribution in [2.75, 3.05) is 5.75 Å². The van der Waals surface area contributed by atoms with Gasteiger partial charge in [0.05, 0.1) is 16.1 Å². The van der Waals surface area contributed by atoms with Crippen molar-refractivity contribution in [3.05, 3.63) is 46.0 Å². The summed E-state index contributed by atoms with van der Waals surface area (Å²) in [7, 11) is 0. The van der Waals surface area contributed by atoms with Crippen LogP contribution in [0.15, 0.2) is 29.4 Å². The van der Waals surface area contributed by atoms with E-state index < -0.39 is 6.10 Å². The first-order chi connectivity index (χ1) is 9.15. The second-order valence-electron chi connectivity index (χ2n) is 4.56. The van der Waals surface area contributed by atoms with Crippen LogP contribution in [0.4, 0.5) is 0 Å². The highest BCUT2D eigenvalue weighted by Gasteiger charge is 2.30. The molecule has 100 valence electrons. The third-order valence-corrected chi connectivity index (χ3v) is 5.26. The molecule has 0 aliphatic carbocycles. The molecule has 0 fully saturated rings. The summed E-state index contributed by atoms with van der Waals surface area (Å²) in [6, 6.07) is 3.60. The molecule has 0 bridgehead atoms. The first-order valence-electron chi connectivity index (χ1n) is 5.93. The van der Waals surface area contributed by atoms with Gasteiger partial charge >= 0.3 is 0 Å². The van der Waals surface area contributed by atoms with Gasteiger partial charge in [-0.2, -0.15) is 0 Å². The van der Waals surface area contributed by atoms with Crippen molar-refractivity contribution in [1.29, 1.82) is 0 Å². The average Bonchev–Trinajstić information content (AvgIpc) is 2.88. The Morgan fingerprint density at radius 2 is 2.16 bits per heavy atom. The number of hydrogen-bond acceptors (Lipinski definition) is 3. The van der Waals surface area contributed by atoms with Gasteiger partial charge in [0.2, 0.25) is 0 Å². The van der Waals surface area contributed by atoms with Crippen molar-refractivity contribution < 1.29 is 5.11 Å². The average molecular weight is 315 g/mol. The number of halogens is 2. The van der Waals surface area contributed by atoms with E-state index in [-0.39, 0.29) is 5.92 Å². The van der Waals surface area contributed by atoms with Gasteiger partial charge in [-0.3, -0.25) is 0 Å². The lowest BCUT2D eigenvalue weighted by Crippen LogP contribution is -2.22. The quantitative estimate of drug-likeness (QED) is 0.888. The van der Waals surface area contributed by atoms with E-state index in [0.29, 0.717) is 10.0 Å². The molecule has 6 heteroatoms. The van der Waals surface area contributed by atoms with Crippen LogP contribution in [0.25, 0.3) is 0 Å². The molecule has 0 amide bonds. The van der Waals surface area contributed by atoms with Crippen LogP contribution in [0.1, 0.15) is 17.5 Å². The van der Waals surface area contributed by atoms with Gasteiger partial charge < -0.3 is 10.1 Å². The lowest BCUT2D eigenvalue weighted by Gasteiger charge is -2.29. The molecule has 2 N–H and O–H groups in total. The Morgan fingerprint density at radius 3 is 2.89 bits per heavy atom. The molecule has 0 radical (unpaired) electrons. The Morgan fingerprint density at radius 1 is 1.37 bits per heavy atom. The molecular formula is C13H12Cl2N2OS. The second-order valence-corrected chi connectivity index (χ2v) is 6.44. The topological polar surface area (TPSA) is 48.9 Å². The maximum atomic E-state index is 10.5. The number of H-pyrrole nitrogens is 1. The number of fused-ring (bicyclic) bond motifs is 1. The van der Waals surface area contributed by atoms with Crippen LogP contribution in [0.2, 0.25) is 10.0 Å². The monoisotopic (exact) mass is 314 g/mol. The van der Waals surface area contributed by atoms with E-state index in [4.69, 9.17) is 23.2 Å². The molecule has 1 aliphatic heterocycles. The van der Waals surface area contributed by atoms with Crippen molar-refractivity contribution in [3.63, 3.8) is 0 Å². The molecule has 2 atom stereocenters. The zero-order valence-electron chi connectivity index (χ0n) is 9.94. The smallest absolute Gasteiger partial charge is 0.106 e.